The Morgan fingerprint density at radius 1 is 1.10 bits per heavy atom. The van der Waals surface area contributed by atoms with Gasteiger partial charge in [0.15, 0.2) is 5.65 Å². The molecule has 0 aliphatic carbocycles. The molecule has 0 saturated carbocycles. The molecule has 0 amide bonds. The molecule has 1 saturated heterocycles. The zero-order valence-electron chi connectivity index (χ0n) is 17.1. The minimum Gasteiger partial charge on any atom is -0.494 e. The second-order valence-corrected chi connectivity index (χ2v) is 8.05. The van der Waals surface area contributed by atoms with Gasteiger partial charge in [-0.15, -0.1) is 0 Å². The van der Waals surface area contributed by atoms with E-state index in [1.54, 1.807) is 6.20 Å². The summed E-state index contributed by atoms with van der Waals surface area (Å²) in [5.74, 6) is 2.08. The van der Waals surface area contributed by atoms with E-state index in [1.807, 2.05) is 30.3 Å². The van der Waals surface area contributed by atoms with Gasteiger partial charge in [0.05, 0.1) is 12.0 Å². The first-order chi connectivity index (χ1) is 14.1. The van der Waals surface area contributed by atoms with Gasteiger partial charge in [-0.3, -0.25) is 9.78 Å². The number of pyridine rings is 1. The van der Waals surface area contributed by atoms with Gasteiger partial charge in [0.1, 0.15) is 5.75 Å². The van der Waals surface area contributed by atoms with Crippen molar-refractivity contribution in [1.29, 1.82) is 0 Å². The van der Waals surface area contributed by atoms with Gasteiger partial charge in [0.2, 0.25) is 5.95 Å². The highest BCUT2D eigenvalue weighted by molar-refractivity contribution is 5.92. The summed E-state index contributed by atoms with van der Waals surface area (Å²) in [5.41, 5.74) is 2.13. The molecule has 6 nitrogen and oxygen atoms in total. The highest BCUT2D eigenvalue weighted by Gasteiger charge is 2.17. The molecule has 152 valence electrons. The number of hydrogen-bond acceptors (Lipinski definition) is 5. The number of aromatic nitrogens is 3. The van der Waals surface area contributed by atoms with E-state index in [9.17, 15) is 4.79 Å². The van der Waals surface area contributed by atoms with Crippen LogP contribution in [-0.4, -0.2) is 34.6 Å². The smallest absolute Gasteiger partial charge is 0.262 e. The van der Waals surface area contributed by atoms with Gasteiger partial charge in [-0.2, -0.15) is 4.98 Å². The zero-order valence-corrected chi connectivity index (χ0v) is 17.1. The fourth-order valence-electron chi connectivity index (χ4n) is 3.69. The van der Waals surface area contributed by atoms with Crippen molar-refractivity contribution in [2.45, 2.75) is 39.5 Å². The molecule has 1 N–H and O–H groups in total. The van der Waals surface area contributed by atoms with Crippen LogP contribution in [0.1, 0.15) is 39.5 Å². The van der Waals surface area contributed by atoms with Crippen molar-refractivity contribution >= 4 is 17.0 Å². The third-order valence-corrected chi connectivity index (χ3v) is 5.38. The predicted octanol–water partition coefficient (Wildman–Crippen LogP) is 4.40. The van der Waals surface area contributed by atoms with Crippen LogP contribution in [-0.2, 0) is 0 Å². The minimum absolute atomic E-state index is 0.143. The van der Waals surface area contributed by atoms with E-state index in [0.29, 0.717) is 29.5 Å². The van der Waals surface area contributed by atoms with Crippen molar-refractivity contribution in [3.63, 3.8) is 0 Å². The van der Waals surface area contributed by atoms with Crippen molar-refractivity contribution < 1.29 is 4.74 Å². The highest BCUT2D eigenvalue weighted by atomic mass is 16.5. The lowest BCUT2D eigenvalue weighted by Gasteiger charge is -2.27. The summed E-state index contributed by atoms with van der Waals surface area (Å²) >= 11 is 0. The molecule has 1 aliphatic rings. The Balaban J connectivity index is 1.63. The van der Waals surface area contributed by atoms with E-state index < -0.39 is 0 Å². The summed E-state index contributed by atoms with van der Waals surface area (Å²) in [5, 5.41) is 0.529. The molecule has 29 heavy (non-hydrogen) atoms. The van der Waals surface area contributed by atoms with E-state index >= 15 is 0 Å². The van der Waals surface area contributed by atoms with Crippen molar-refractivity contribution in [2.24, 2.45) is 5.92 Å². The van der Waals surface area contributed by atoms with Crippen LogP contribution in [0.4, 0.5) is 5.95 Å². The Labute approximate surface area is 171 Å². The lowest BCUT2D eigenvalue weighted by atomic mass is 10.0. The first kappa shape index (κ1) is 19.4. The number of ether oxygens (including phenoxy) is 1. The molecule has 3 heterocycles. The number of fused-ring (bicyclic) bond motifs is 1. The normalized spacial score (nSPS) is 14.5. The summed E-state index contributed by atoms with van der Waals surface area (Å²) in [6.07, 6.45) is 6.23. The van der Waals surface area contributed by atoms with Crippen LogP contribution in [0.5, 0.6) is 5.75 Å². The van der Waals surface area contributed by atoms with E-state index in [4.69, 9.17) is 4.74 Å². The number of nitrogens with one attached hydrogen (secondary N) is 1. The third-order valence-electron chi connectivity index (χ3n) is 5.38. The number of aromatic amines is 1. The maximum atomic E-state index is 12.9. The number of anilines is 1. The van der Waals surface area contributed by atoms with Gasteiger partial charge in [-0.05, 0) is 60.9 Å². The van der Waals surface area contributed by atoms with E-state index in [-0.39, 0.29) is 5.56 Å². The molecule has 0 radical (unpaired) electrons. The molecule has 0 atom stereocenters. The lowest BCUT2D eigenvalue weighted by molar-refractivity contribution is 0.289. The Hall–Kier alpha value is -2.89. The summed E-state index contributed by atoms with van der Waals surface area (Å²) in [6.45, 7) is 6.92. The van der Waals surface area contributed by atoms with Crippen molar-refractivity contribution in [3.8, 4) is 16.9 Å². The van der Waals surface area contributed by atoms with Crippen molar-refractivity contribution in [3.05, 3.63) is 46.9 Å². The van der Waals surface area contributed by atoms with Gasteiger partial charge in [0.25, 0.3) is 5.56 Å². The van der Waals surface area contributed by atoms with Gasteiger partial charge in [-0.25, -0.2) is 4.98 Å². The molecule has 3 aromatic rings. The summed E-state index contributed by atoms with van der Waals surface area (Å²) in [7, 11) is 0. The molecule has 0 unspecified atom stereocenters. The molecular weight excluding hydrogens is 364 g/mol. The van der Waals surface area contributed by atoms with E-state index in [0.717, 1.165) is 49.2 Å². The van der Waals surface area contributed by atoms with Crippen LogP contribution < -0.4 is 15.2 Å². The summed E-state index contributed by atoms with van der Waals surface area (Å²) in [4.78, 5) is 27.1. The monoisotopic (exact) mass is 392 g/mol. The number of rotatable bonds is 6. The highest BCUT2D eigenvalue weighted by Crippen LogP contribution is 2.27. The number of nitrogens with zero attached hydrogens (tertiary/aromatic N) is 3. The molecule has 1 aromatic carbocycles. The van der Waals surface area contributed by atoms with Crippen molar-refractivity contribution in [1.82, 2.24) is 15.0 Å². The van der Waals surface area contributed by atoms with Crippen LogP contribution in [0.25, 0.3) is 22.2 Å². The lowest BCUT2D eigenvalue weighted by Crippen LogP contribution is -2.32. The van der Waals surface area contributed by atoms with Gasteiger partial charge < -0.3 is 9.64 Å². The Morgan fingerprint density at radius 2 is 1.86 bits per heavy atom. The van der Waals surface area contributed by atoms with Gasteiger partial charge >= 0.3 is 0 Å². The molecule has 0 spiro atoms. The summed E-state index contributed by atoms with van der Waals surface area (Å²) in [6, 6.07) is 9.74. The maximum absolute atomic E-state index is 12.9. The van der Waals surface area contributed by atoms with Crippen LogP contribution in [0.3, 0.4) is 0 Å². The molecule has 6 heteroatoms. The number of H-pyrrole nitrogens is 1. The van der Waals surface area contributed by atoms with Gasteiger partial charge in [-0.1, -0.05) is 26.0 Å². The van der Waals surface area contributed by atoms with Crippen molar-refractivity contribution in [2.75, 3.05) is 24.6 Å². The van der Waals surface area contributed by atoms with Crippen LogP contribution in [0, 0.1) is 5.92 Å². The standard InChI is InChI=1S/C23H28N4O2/c1-16(2)11-15-29-18-8-6-17(7-9-18)19-10-12-24-21-20(19)22(28)26-23(25-21)27-13-4-3-5-14-27/h6-10,12,16H,3-5,11,13-15H2,1-2H3,(H,24,25,26,28). The van der Waals surface area contributed by atoms with Gasteiger partial charge in [0, 0.05) is 19.3 Å². The fraction of sp³-hybridized carbons (Fsp3) is 0.435. The maximum Gasteiger partial charge on any atom is 0.262 e. The third kappa shape index (κ3) is 4.42. The SMILES string of the molecule is CC(C)CCOc1ccc(-c2ccnc3nc(N4CCCCC4)[nH]c(=O)c23)cc1. The molecule has 2 aromatic heterocycles. The zero-order chi connectivity index (χ0) is 20.2. The second-order valence-electron chi connectivity index (χ2n) is 8.05. The molecule has 1 aliphatic heterocycles. The largest absolute Gasteiger partial charge is 0.494 e. The van der Waals surface area contributed by atoms with Crippen LogP contribution in [0.2, 0.25) is 0 Å². The predicted molar refractivity (Wildman–Crippen MR) is 117 cm³/mol. The van der Waals surface area contributed by atoms with Crippen LogP contribution in [0.15, 0.2) is 41.3 Å². The second kappa shape index (κ2) is 8.64. The number of benzene rings is 1. The molecular formula is C23H28N4O2. The topological polar surface area (TPSA) is 71.1 Å². The number of hydrogen-bond donors (Lipinski definition) is 1. The number of piperidine rings is 1. The first-order valence-electron chi connectivity index (χ1n) is 10.5. The minimum atomic E-state index is -0.143. The van der Waals surface area contributed by atoms with E-state index in [2.05, 4.69) is 33.7 Å². The molecule has 1 fully saturated rings. The average Bonchev–Trinajstić information content (AvgIpc) is 2.74. The van der Waals surface area contributed by atoms with E-state index in [1.165, 1.54) is 6.42 Å². The molecule has 0 bridgehead atoms. The first-order valence-corrected chi connectivity index (χ1v) is 10.5. The Morgan fingerprint density at radius 3 is 2.59 bits per heavy atom. The quantitative estimate of drug-likeness (QED) is 0.673. The van der Waals surface area contributed by atoms with Crippen LogP contribution >= 0.6 is 0 Å². The Kier molecular flexibility index (Phi) is 5.79. The average molecular weight is 393 g/mol. The molecule has 4 rings (SSSR count). The Bertz CT molecular complexity index is 1020. The summed E-state index contributed by atoms with van der Waals surface area (Å²) < 4.78 is 5.80. The fourth-order valence-corrected chi connectivity index (χ4v) is 3.69.